The maximum atomic E-state index is 13.5. The molecule has 8 aromatic heterocycles. The Morgan fingerprint density at radius 2 is 0.704 bits per heavy atom. The zero-order valence-corrected chi connectivity index (χ0v) is 89.8. The summed E-state index contributed by atoms with van der Waals surface area (Å²) in [5, 5.41) is 0.415. The van der Waals surface area contributed by atoms with Gasteiger partial charge in [0.15, 0.2) is 60.0 Å². The van der Waals surface area contributed by atoms with E-state index in [0.29, 0.717) is 69.0 Å². The van der Waals surface area contributed by atoms with E-state index < -0.39 is 58.0 Å². The lowest BCUT2D eigenvalue weighted by atomic mass is 10.00. The Bertz CT molecular complexity index is 6920. The fourth-order valence-electron chi connectivity index (χ4n) is 11.9. The minimum atomic E-state index is -3.71. The first kappa shape index (κ1) is 115. The van der Waals surface area contributed by atoms with Crippen LogP contribution in [0.3, 0.4) is 0 Å². The van der Waals surface area contributed by atoms with Gasteiger partial charge in [-0.25, -0.2) is 19.9 Å². The van der Waals surface area contributed by atoms with Gasteiger partial charge in [-0.15, -0.1) is 0 Å². The molecule has 13 rings (SSSR count). The molecule has 4 atom stereocenters. The van der Waals surface area contributed by atoms with E-state index in [-0.39, 0.29) is 196 Å². The van der Waals surface area contributed by atoms with Crippen LogP contribution >= 0.6 is 137 Å². The monoisotopic (exact) mass is 2320 g/mol. The van der Waals surface area contributed by atoms with E-state index in [1.54, 1.807) is 61.6 Å². The number of aromatic nitrogens is 16. The van der Waals surface area contributed by atoms with Crippen LogP contribution in [-0.2, 0) is 140 Å². The molecule has 0 fully saturated rings. The maximum Gasteiger partial charge on any atom is 0.356 e. The van der Waals surface area contributed by atoms with Gasteiger partial charge in [0.05, 0.1) is 105 Å². The van der Waals surface area contributed by atoms with Crippen molar-refractivity contribution in [3.05, 3.63) is 240 Å². The molecule has 4 unspecified atom stereocenters. The van der Waals surface area contributed by atoms with E-state index in [1.165, 1.54) is 32.2 Å². The number of aromatic amines is 4. The van der Waals surface area contributed by atoms with Crippen LogP contribution in [0.25, 0.3) is 44.7 Å². The number of rotatable bonds is 50. The first-order valence-electron chi connectivity index (χ1n) is 43.1. The van der Waals surface area contributed by atoms with E-state index in [0.717, 1.165) is 82.7 Å². The van der Waals surface area contributed by atoms with Gasteiger partial charge in [-0.05, 0) is 77.7 Å². The molecule has 0 aliphatic rings. The van der Waals surface area contributed by atoms with Crippen molar-refractivity contribution in [1.29, 1.82) is 0 Å². The molecule has 13 aromatic rings. The van der Waals surface area contributed by atoms with Gasteiger partial charge in [-0.2, -0.15) is 19.9 Å². The average molecular weight is 2330 g/mol. The Labute approximate surface area is 859 Å². The number of nitrogens with zero attached hydrogens (tertiary/aromatic N) is 12. The van der Waals surface area contributed by atoms with Gasteiger partial charge < -0.3 is 96.3 Å². The topological polar surface area (TPSA) is 606 Å². The number of H-pyrrole nitrogens is 4. The first-order valence-corrected chi connectivity index (χ1v) is 56.7. The van der Waals surface area contributed by atoms with Gasteiger partial charge >= 0.3 is 30.4 Å². The van der Waals surface area contributed by atoms with Crippen molar-refractivity contribution in [2.75, 3.05) is 124 Å². The number of thioether (sulfide) groups is 4. The van der Waals surface area contributed by atoms with Crippen LogP contribution in [0.1, 0.15) is 79.2 Å². The summed E-state index contributed by atoms with van der Waals surface area (Å²) in [5.41, 5.74) is 27.0. The van der Waals surface area contributed by atoms with Crippen molar-refractivity contribution in [2.24, 2.45) is 5.41 Å². The van der Waals surface area contributed by atoms with Crippen molar-refractivity contribution in [3.63, 3.8) is 0 Å². The number of hydrogen-bond acceptors (Lipinski definition) is 40. The summed E-state index contributed by atoms with van der Waals surface area (Å²) in [4.78, 5) is 137. The minimum absolute atomic E-state index is 0.00519. The lowest BCUT2D eigenvalue weighted by molar-refractivity contribution is -0.117. The zero-order valence-electron chi connectivity index (χ0n) is 77.4. The van der Waals surface area contributed by atoms with Crippen LogP contribution < -0.4 is 45.2 Å². The van der Waals surface area contributed by atoms with Crippen molar-refractivity contribution < 1.29 is 92.6 Å². The highest BCUT2D eigenvalue weighted by Gasteiger charge is 2.32. The second kappa shape index (κ2) is 56.6. The standard InChI is InChI=1S/C25H27ClN5O6PS.C22H29BrN5O6PS.C20H25BrN5O6PS.C19H23BrN5O6PS/c1-17-5-7-19(8-6-17)24(33)39-12-11-36-38(34,37-14-18-3-2-4-20(26)13-18)16-35-10-9-31-15-28-21-22(31)29-25(27)30-23(21)32;1-22(2,3)20(30)36-10-9-33-35(31,34-12-15-5-4-6-16(23)11-15)14-32-8-7-28-13-25-17-18(28)26-21(24)27-19(17)29;1-2-16(27)34-9-8-31-33(29,32-11-14-4-3-5-15(21)10-14)13-30-7-6-26-12-23-17-18(26)24-20(22)25-19(17)28;1-13(26)33-8-7-30-32(28,31-10-14-3-2-4-15(20)9-14)12-29-6-5-25-11-22-16-17(25)23-19(21)24-18(16)27/h2-8,13,15H,9-12,14,16H2,1H3,(H3,27,29,30,32);4-6,11,13H,7-10,12,14H2,1-3H3,(H3,24,26,27,29);3-5,10,12H,2,6-9,11,13H2,1H3,(H3,22,24,25,28);2-4,9,11H,5-8,10,12H2,1H3,(H3,21,23,24,27). The van der Waals surface area contributed by atoms with Crippen molar-refractivity contribution in [1.82, 2.24) is 78.1 Å². The molecule has 8 heterocycles. The van der Waals surface area contributed by atoms with Crippen LogP contribution in [0.4, 0.5) is 23.8 Å². The molecule has 0 saturated heterocycles. The summed E-state index contributed by atoms with van der Waals surface area (Å²) in [6.07, 6.45) is 5.05. The van der Waals surface area contributed by atoms with E-state index in [1.807, 2.05) is 113 Å². The Morgan fingerprint density at radius 3 is 1.00 bits per heavy atom. The zero-order chi connectivity index (χ0) is 103. The molecule has 0 bridgehead atoms. The number of fused-ring (bicyclic) bond motifs is 4. The van der Waals surface area contributed by atoms with Crippen molar-refractivity contribution in [2.45, 2.75) is 101 Å². The number of benzene rings is 5. The van der Waals surface area contributed by atoms with E-state index in [2.05, 4.69) is 108 Å². The first-order chi connectivity index (χ1) is 67.7. The fourth-order valence-corrected chi connectivity index (χ4v) is 21.7. The third-order valence-corrected chi connectivity index (χ3v) is 30.8. The second-order valence-corrected chi connectivity index (χ2v) is 46.8. The smallest absolute Gasteiger partial charge is 0.356 e. The molecule has 0 radical (unpaired) electrons. The molecule has 12 N–H and O–H groups in total. The molecule has 0 amide bonds. The van der Waals surface area contributed by atoms with Crippen LogP contribution in [0.5, 0.6) is 0 Å². The number of imidazole rings is 4. The molecule has 56 heteroatoms. The highest BCUT2D eigenvalue weighted by atomic mass is 79.9. The van der Waals surface area contributed by atoms with Gasteiger partial charge in [0.2, 0.25) is 28.9 Å². The molecular formula is C86H104Br3ClN20O24P4S4. The number of aryl methyl sites for hydroxylation is 1. The largest absolute Gasteiger partial charge is 0.369 e. The Morgan fingerprint density at radius 1 is 0.408 bits per heavy atom. The Kier molecular flexibility index (Phi) is 45.8. The van der Waals surface area contributed by atoms with Gasteiger partial charge in [0.25, 0.3) is 22.2 Å². The van der Waals surface area contributed by atoms with Crippen LogP contribution in [0.15, 0.2) is 179 Å². The van der Waals surface area contributed by atoms with Crippen LogP contribution in [0.2, 0.25) is 5.02 Å². The number of anilines is 4. The highest BCUT2D eigenvalue weighted by Crippen LogP contribution is 2.52. The number of carbonyl (C=O) groups is 4. The lowest BCUT2D eigenvalue weighted by Gasteiger charge is -2.20. The van der Waals surface area contributed by atoms with E-state index in [4.69, 9.17) is 89.7 Å². The number of nitrogens with two attached hydrogens (primary N) is 4. The molecule has 142 heavy (non-hydrogen) atoms. The minimum Gasteiger partial charge on any atom is -0.369 e. The van der Waals surface area contributed by atoms with E-state index >= 15 is 0 Å². The molecule has 0 spiro atoms. The lowest BCUT2D eigenvalue weighted by Crippen LogP contribution is -2.17. The third kappa shape index (κ3) is 38.1. The van der Waals surface area contributed by atoms with Crippen LogP contribution in [-0.4, -0.2) is 200 Å². The molecule has 5 aromatic carbocycles. The molecular weight excluding hydrogens is 2220 g/mol. The van der Waals surface area contributed by atoms with E-state index in [9.17, 15) is 56.6 Å². The summed E-state index contributed by atoms with van der Waals surface area (Å²) in [7, 11) is -14.6. The van der Waals surface area contributed by atoms with Gasteiger partial charge in [-0.3, -0.25) is 76.6 Å². The normalized spacial score (nSPS) is 13.3. The maximum absolute atomic E-state index is 13.5. The SMILES string of the molecule is CC(=O)SCCOP(=O)(COCCn1cnc2c(=O)[nH]c(N)nc21)OCc1cccc(Br)c1.CC(C)(C)C(=O)SCCOP(=O)(COCCn1cnc2c(=O)[nH]c(N)nc21)OCc1cccc(Br)c1.CCC(=O)SCCOP(=O)(COCCn1cnc2c(=O)[nH]c(N)nc21)OCc1cccc(Br)c1.Cc1ccc(C(=O)SCCOP(=O)(COCCn2cnc3c(=O)[nH]c(N)nc32)OCc2cccc(Cl)c2)cc1. The molecule has 0 aliphatic carbocycles. The summed E-state index contributed by atoms with van der Waals surface area (Å²) >= 11 is 20.6. The number of halogens is 4. The summed E-state index contributed by atoms with van der Waals surface area (Å²) in [6, 6.07) is 36.5. The predicted molar refractivity (Wildman–Crippen MR) is 557 cm³/mol. The van der Waals surface area contributed by atoms with Gasteiger partial charge in [0, 0.05) is 92.0 Å². The summed E-state index contributed by atoms with van der Waals surface area (Å²) in [6.45, 7) is 12.7. The number of ether oxygens (including phenoxy) is 4. The summed E-state index contributed by atoms with van der Waals surface area (Å²) < 4.78 is 130. The molecule has 0 aliphatic heterocycles. The number of nitrogen functional groups attached to an aromatic ring is 4. The van der Waals surface area contributed by atoms with Crippen molar-refractivity contribution >= 4 is 226 Å². The van der Waals surface area contributed by atoms with Crippen molar-refractivity contribution in [3.8, 4) is 0 Å². The Balaban J connectivity index is 0.000000195. The average Bonchev–Trinajstić information content (AvgIpc) is 1.67. The molecule has 0 saturated carbocycles. The second-order valence-electron chi connectivity index (χ2n) is 31.1. The highest BCUT2D eigenvalue weighted by molar-refractivity contribution is 9.11. The van der Waals surface area contributed by atoms with Gasteiger partial charge in [-0.1, -0.05) is 212 Å². The molecule has 44 nitrogen and oxygen atoms in total. The predicted octanol–water partition coefficient (Wildman–Crippen LogP) is 15.5. The van der Waals surface area contributed by atoms with Gasteiger partial charge in [0.1, 0.15) is 25.4 Å². The summed E-state index contributed by atoms with van der Waals surface area (Å²) in [5.74, 6) is 1.25. The number of hydrogen-bond donors (Lipinski definition) is 8. The quantitative estimate of drug-likeness (QED) is 0.0130. The molecule has 764 valence electrons. The Hall–Kier alpha value is -9.05. The number of carbonyl (C=O) groups excluding carboxylic acids is 4. The third-order valence-electron chi connectivity index (χ3n) is 18.9. The number of nitrogens with one attached hydrogen (secondary N) is 4. The van der Waals surface area contributed by atoms with Crippen LogP contribution in [0, 0.1) is 12.3 Å². The fraction of sp³-hybridized carbons (Fsp3) is 0.372.